The van der Waals surface area contributed by atoms with E-state index in [9.17, 15) is 13.2 Å². The lowest BCUT2D eigenvalue weighted by Gasteiger charge is -2.11. The van der Waals surface area contributed by atoms with E-state index >= 15 is 0 Å². The van der Waals surface area contributed by atoms with Crippen molar-refractivity contribution in [3.8, 4) is 0 Å². The van der Waals surface area contributed by atoms with Crippen LogP contribution < -0.4 is 10.0 Å². The van der Waals surface area contributed by atoms with Crippen LogP contribution in [0.2, 0.25) is 5.02 Å². The van der Waals surface area contributed by atoms with Crippen molar-refractivity contribution < 1.29 is 13.2 Å². The molecule has 0 fully saturated rings. The molecule has 0 spiro atoms. The van der Waals surface area contributed by atoms with Gasteiger partial charge in [-0.2, -0.15) is 0 Å². The van der Waals surface area contributed by atoms with Crippen molar-refractivity contribution in [2.24, 2.45) is 0 Å². The number of hydrogen-bond acceptors (Lipinski definition) is 3. The van der Waals surface area contributed by atoms with Crippen LogP contribution in [0.5, 0.6) is 0 Å². The SMILES string of the molecule is CNC(=O)Cc1ccc(NS(=O)(=O)c2cc(Cl)ccc2C)cc1. The van der Waals surface area contributed by atoms with E-state index in [0.717, 1.165) is 5.56 Å². The quantitative estimate of drug-likeness (QED) is 0.868. The van der Waals surface area contributed by atoms with Crippen molar-refractivity contribution in [1.82, 2.24) is 5.32 Å². The predicted molar refractivity (Wildman–Crippen MR) is 91.2 cm³/mol. The third kappa shape index (κ3) is 4.46. The van der Waals surface area contributed by atoms with Gasteiger partial charge in [-0.25, -0.2) is 8.42 Å². The molecular weight excluding hydrogens is 336 g/mol. The Kier molecular flexibility index (Phi) is 5.28. The van der Waals surface area contributed by atoms with Gasteiger partial charge in [-0.05, 0) is 42.3 Å². The van der Waals surface area contributed by atoms with Crippen molar-refractivity contribution in [2.45, 2.75) is 18.2 Å². The summed E-state index contributed by atoms with van der Waals surface area (Å²) in [5.74, 6) is -0.104. The number of anilines is 1. The molecule has 0 saturated carbocycles. The molecule has 0 aliphatic heterocycles. The summed E-state index contributed by atoms with van der Waals surface area (Å²) in [7, 11) is -2.15. The Morgan fingerprint density at radius 1 is 1.13 bits per heavy atom. The first-order valence-corrected chi connectivity index (χ1v) is 8.76. The first-order chi connectivity index (χ1) is 10.8. The van der Waals surface area contributed by atoms with Crippen LogP contribution in [-0.2, 0) is 21.2 Å². The Morgan fingerprint density at radius 3 is 2.39 bits per heavy atom. The molecule has 2 N–H and O–H groups in total. The van der Waals surface area contributed by atoms with Gasteiger partial charge in [0.05, 0.1) is 11.3 Å². The van der Waals surface area contributed by atoms with Gasteiger partial charge in [0.2, 0.25) is 5.91 Å². The van der Waals surface area contributed by atoms with Crippen molar-refractivity contribution in [2.75, 3.05) is 11.8 Å². The zero-order valence-corrected chi connectivity index (χ0v) is 14.3. The molecule has 0 aliphatic carbocycles. The summed E-state index contributed by atoms with van der Waals surface area (Å²) in [6, 6.07) is 11.4. The van der Waals surface area contributed by atoms with Gasteiger partial charge in [0.15, 0.2) is 0 Å². The summed E-state index contributed by atoms with van der Waals surface area (Å²) in [5.41, 5.74) is 1.83. The molecule has 0 saturated heterocycles. The molecule has 7 heteroatoms. The highest BCUT2D eigenvalue weighted by Gasteiger charge is 2.17. The fraction of sp³-hybridized carbons (Fsp3) is 0.188. The van der Waals surface area contributed by atoms with E-state index < -0.39 is 10.0 Å². The Balaban J connectivity index is 2.20. The first kappa shape index (κ1) is 17.3. The van der Waals surface area contributed by atoms with Gasteiger partial charge >= 0.3 is 0 Å². The molecule has 0 atom stereocenters. The number of carbonyl (C=O) groups is 1. The van der Waals surface area contributed by atoms with Gasteiger partial charge in [-0.15, -0.1) is 0 Å². The van der Waals surface area contributed by atoms with Crippen LogP contribution in [0.3, 0.4) is 0 Å². The number of hydrogen-bond donors (Lipinski definition) is 2. The number of nitrogens with one attached hydrogen (secondary N) is 2. The highest BCUT2D eigenvalue weighted by atomic mass is 35.5. The maximum absolute atomic E-state index is 12.4. The number of likely N-dealkylation sites (N-methyl/N-ethyl adjacent to an activating group) is 1. The number of benzene rings is 2. The second-order valence-electron chi connectivity index (χ2n) is 5.06. The van der Waals surface area contributed by atoms with Crippen molar-refractivity contribution in [3.05, 3.63) is 58.6 Å². The topological polar surface area (TPSA) is 75.3 Å². The molecule has 0 bridgehead atoms. The van der Waals surface area contributed by atoms with Crippen LogP contribution in [0.4, 0.5) is 5.69 Å². The molecule has 0 radical (unpaired) electrons. The van der Waals surface area contributed by atoms with E-state index in [1.54, 1.807) is 50.4 Å². The number of rotatable bonds is 5. The minimum atomic E-state index is -3.72. The Labute approximate surface area is 140 Å². The molecule has 2 aromatic rings. The first-order valence-electron chi connectivity index (χ1n) is 6.90. The van der Waals surface area contributed by atoms with Crippen molar-refractivity contribution in [3.63, 3.8) is 0 Å². The molecule has 0 unspecified atom stereocenters. The van der Waals surface area contributed by atoms with Crippen LogP contribution in [-0.4, -0.2) is 21.4 Å². The average molecular weight is 353 g/mol. The zero-order chi connectivity index (χ0) is 17.0. The maximum Gasteiger partial charge on any atom is 0.262 e. The largest absolute Gasteiger partial charge is 0.359 e. The third-order valence-electron chi connectivity index (χ3n) is 3.29. The lowest BCUT2D eigenvalue weighted by Crippen LogP contribution is -2.20. The van der Waals surface area contributed by atoms with Crippen molar-refractivity contribution in [1.29, 1.82) is 0 Å². The summed E-state index contributed by atoms with van der Waals surface area (Å²) in [6.45, 7) is 1.71. The van der Waals surface area contributed by atoms with E-state index in [-0.39, 0.29) is 17.2 Å². The minimum absolute atomic E-state index is 0.104. The molecule has 0 aliphatic rings. The monoisotopic (exact) mass is 352 g/mol. The fourth-order valence-electron chi connectivity index (χ4n) is 2.04. The molecule has 1 amide bonds. The number of carbonyl (C=O) groups excluding carboxylic acids is 1. The van der Waals surface area contributed by atoms with Crippen LogP contribution in [0.15, 0.2) is 47.4 Å². The highest BCUT2D eigenvalue weighted by molar-refractivity contribution is 7.92. The third-order valence-corrected chi connectivity index (χ3v) is 5.05. The lowest BCUT2D eigenvalue weighted by atomic mass is 10.1. The summed E-state index contributed by atoms with van der Waals surface area (Å²) in [6.07, 6.45) is 0.247. The smallest absolute Gasteiger partial charge is 0.262 e. The van der Waals surface area contributed by atoms with Gasteiger partial charge in [0.1, 0.15) is 0 Å². The normalized spacial score (nSPS) is 11.1. The van der Waals surface area contributed by atoms with Gasteiger partial charge in [0.25, 0.3) is 10.0 Å². The van der Waals surface area contributed by atoms with Crippen LogP contribution in [0.25, 0.3) is 0 Å². The fourth-order valence-corrected chi connectivity index (χ4v) is 3.61. The van der Waals surface area contributed by atoms with E-state index in [4.69, 9.17) is 11.6 Å². The van der Waals surface area contributed by atoms with Crippen LogP contribution >= 0.6 is 11.6 Å². The summed E-state index contributed by atoms with van der Waals surface area (Å²) < 4.78 is 27.4. The summed E-state index contributed by atoms with van der Waals surface area (Å²) >= 11 is 5.88. The zero-order valence-electron chi connectivity index (χ0n) is 12.8. The van der Waals surface area contributed by atoms with Gasteiger partial charge in [0, 0.05) is 17.8 Å². The second kappa shape index (κ2) is 7.02. The Hall–Kier alpha value is -2.05. The van der Waals surface area contributed by atoms with Gasteiger partial charge in [-0.3, -0.25) is 9.52 Å². The van der Waals surface area contributed by atoms with Gasteiger partial charge < -0.3 is 5.32 Å². The molecule has 23 heavy (non-hydrogen) atoms. The molecule has 5 nitrogen and oxygen atoms in total. The van der Waals surface area contributed by atoms with E-state index in [0.29, 0.717) is 16.3 Å². The minimum Gasteiger partial charge on any atom is -0.359 e. The Morgan fingerprint density at radius 2 is 1.78 bits per heavy atom. The van der Waals surface area contributed by atoms with E-state index in [1.165, 1.54) is 6.07 Å². The van der Waals surface area contributed by atoms with Gasteiger partial charge in [-0.1, -0.05) is 29.8 Å². The lowest BCUT2D eigenvalue weighted by molar-refractivity contribution is -0.119. The number of sulfonamides is 1. The molecular formula is C16H17ClN2O3S. The number of aryl methyl sites for hydroxylation is 1. The highest BCUT2D eigenvalue weighted by Crippen LogP contribution is 2.23. The summed E-state index contributed by atoms with van der Waals surface area (Å²) in [5, 5.41) is 2.89. The average Bonchev–Trinajstić information content (AvgIpc) is 2.51. The second-order valence-corrected chi connectivity index (χ2v) is 7.15. The van der Waals surface area contributed by atoms with E-state index in [2.05, 4.69) is 10.0 Å². The molecule has 2 aromatic carbocycles. The van der Waals surface area contributed by atoms with Crippen LogP contribution in [0, 0.1) is 6.92 Å². The summed E-state index contributed by atoms with van der Waals surface area (Å²) in [4.78, 5) is 11.5. The standard InChI is InChI=1S/C16H17ClN2O3S/c1-11-3-6-13(17)10-15(11)23(21,22)19-14-7-4-12(5-8-14)9-16(20)18-2/h3-8,10,19H,9H2,1-2H3,(H,18,20). The van der Waals surface area contributed by atoms with E-state index in [1.807, 2.05) is 0 Å². The number of halogens is 1. The molecule has 122 valence electrons. The van der Waals surface area contributed by atoms with Crippen molar-refractivity contribution >= 4 is 33.2 Å². The predicted octanol–water partition coefficient (Wildman–Crippen LogP) is 2.74. The Bertz CT molecular complexity index is 818. The maximum atomic E-state index is 12.4. The molecule has 0 heterocycles. The molecule has 2 rings (SSSR count). The molecule has 0 aromatic heterocycles. The van der Waals surface area contributed by atoms with Crippen LogP contribution in [0.1, 0.15) is 11.1 Å². The number of amides is 1.